The molecule has 7 nitrogen and oxygen atoms in total. The number of carbonyl (C=O) groups excluding carboxylic acids is 1. The molecule has 5 rings (SSSR count). The number of thiazole rings is 1. The molecule has 2 fully saturated rings. The average Bonchev–Trinajstić information content (AvgIpc) is 3.51. The summed E-state index contributed by atoms with van der Waals surface area (Å²) in [6, 6.07) is 12.1. The van der Waals surface area contributed by atoms with Gasteiger partial charge in [-0.1, -0.05) is 30.3 Å². The number of aromatic nitrogens is 2. The Bertz CT molecular complexity index is 1100. The van der Waals surface area contributed by atoms with Crippen molar-refractivity contribution in [3.8, 4) is 0 Å². The number of carbonyl (C=O) groups is 1. The number of fused-ring (bicyclic) bond motifs is 1. The van der Waals surface area contributed by atoms with Crippen molar-refractivity contribution in [2.24, 2.45) is 5.92 Å². The van der Waals surface area contributed by atoms with E-state index < -0.39 is 0 Å². The molecular formula is C23H27N5O2S. The normalized spacial score (nSPS) is 18.8. The van der Waals surface area contributed by atoms with Gasteiger partial charge in [-0.3, -0.25) is 23.8 Å². The van der Waals surface area contributed by atoms with Crippen LogP contribution in [-0.2, 0) is 11.3 Å². The Morgan fingerprint density at radius 2 is 1.87 bits per heavy atom. The van der Waals surface area contributed by atoms with E-state index in [2.05, 4.69) is 32.2 Å². The van der Waals surface area contributed by atoms with Crippen LogP contribution in [0.25, 0.3) is 4.96 Å². The molecule has 0 bridgehead atoms. The summed E-state index contributed by atoms with van der Waals surface area (Å²) in [6.45, 7) is 4.51. The molecule has 0 radical (unpaired) electrons. The Morgan fingerprint density at radius 3 is 2.61 bits per heavy atom. The molecule has 1 saturated carbocycles. The first-order valence-corrected chi connectivity index (χ1v) is 11.8. The van der Waals surface area contributed by atoms with Crippen LogP contribution in [0.15, 0.2) is 52.8 Å². The second-order valence-corrected chi connectivity index (χ2v) is 9.36. The fraction of sp³-hybridized carbons (Fsp3) is 0.435. The van der Waals surface area contributed by atoms with Gasteiger partial charge < -0.3 is 5.32 Å². The van der Waals surface area contributed by atoms with Crippen molar-refractivity contribution in [2.45, 2.75) is 25.4 Å². The molecule has 8 heteroatoms. The van der Waals surface area contributed by atoms with Gasteiger partial charge in [0.25, 0.3) is 5.56 Å². The lowest BCUT2D eigenvalue weighted by Gasteiger charge is -2.34. The van der Waals surface area contributed by atoms with Crippen LogP contribution >= 0.6 is 11.3 Å². The Morgan fingerprint density at radius 1 is 1.13 bits per heavy atom. The molecule has 1 aliphatic carbocycles. The van der Waals surface area contributed by atoms with Crippen LogP contribution in [0.1, 0.15) is 30.1 Å². The van der Waals surface area contributed by atoms with Gasteiger partial charge in [-0.15, -0.1) is 11.3 Å². The van der Waals surface area contributed by atoms with Crippen molar-refractivity contribution in [3.63, 3.8) is 0 Å². The lowest BCUT2D eigenvalue weighted by Crippen LogP contribution is -2.49. The first kappa shape index (κ1) is 20.4. The van der Waals surface area contributed by atoms with Crippen molar-refractivity contribution < 1.29 is 4.79 Å². The number of hydrogen-bond acceptors (Lipinski definition) is 6. The number of benzene rings is 1. The minimum absolute atomic E-state index is 0.0276. The highest BCUT2D eigenvalue weighted by Gasteiger charge is 2.33. The monoisotopic (exact) mass is 437 g/mol. The van der Waals surface area contributed by atoms with E-state index in [0.717, 1.165) is 36.8 Å². The van der Waals surface area contributed by atoms with Crippen molar-refractivity contribution in [3.05, 3.63) is 69.6 Å². The Kier molecular flexibility index (Phi) is 5.85. The van der Waals surface area contributed by atoms with Crippen LogP contribution in [0.4, 0.5) is 0 Å². The van der Waals surface area contributed by atoms with Gasteiger partial charge in [0.2, 0.25) is 5.91 Å². The van der Waals surface area contributed by atoms with Crippen molar-refractivity contribution in [1.29, 1.82) is 0 Å². The molecule has 1 aliphatic heterocycles. The molecule has 1 aromatic carbocycles. The number of nitrogens with zero attached hydrogens (tertiary/aromatic N) is 4. The van der Waals surface area contributed by atoms with E-state index in [9.17, 15) is 9.59 Å². The molecule has 3 heterocycles. The van der Waals surface area contributed by atoms with Gasteiger partial charge in [-0.2, -0.15) is 0 Å². The summed E-state index contributed by atoms with van der Waals surface area (Å²) in [5, 5.41) is 5.15. The summed E-state index contributed by atoms with van der Waals surface area (Å²) < 4.78 is 1.58. The molecule has 162 valence electrons. The molecule has 0 spiro atoms. The van der Waals surface area contributed by atoms with Gasteiger partial charge in [0.05, 0.1) is 18.3 Å². The second kappa shape index (κ2) is 8.90. The molecule has 1 atom stereocenters. The quantitative estimate of drug-likeness (QED) is 0.613. The van der Waals surface area contributed by atoms with Gasteiger partial charge in [-0.05, 0) is 24.3 Å². The van der Waals surface area contributed by atoms with Gasteiger partial charge in [0.1, 0.15) is 0 Å². The van der Waals surface area contributed by atoms with Gasteiger partial charge in [0.15, 0.2) is 4.96 Å². The predicted molar refractivity (Wildman–Crippen MR) is 121 cm³/mol. The first-order chi connectivity index (χ1) is 15.2. The highest BCUT2D eigenvalue weighted by Crippen LogP contribution is 2.40. The summed E-state index contributed by atoms with van der Waals surface area (Å²) in [6.07, 6.45) is 4.13. The Hall–Kier alpha value is -2.55. The lowest BCUT2D eigenvalue weighted by atomic mass is 10.0. The molecule has 1 unspecified atom stereocenters. The van der Waals surface area contributed by atoms with Crippen molar-refractivity contribution in [2.75, 3.05) is 32.7 Å². The molecular weight excluding hydrogens is 410 g/mol. The average molecular weight is 438 g/mol. The maximum Gasteiger partial charge on any atom is 0.258 e. The second-order valence-electron chi connectivity index (χ2n) is 8.49. The largest absolute Gasteiger partial charge is 0.348 e. The van der Waals surface area contributed by atoms with Crippen LogP contribution in [0.2, 0.25) is 0 Å². The smallest absolute Gasteiger partial charge is 0.258 e. The maximum atomic E-state index is 12.7. The van der Waals surface area contributed by atoms with Crippen LogP contribution < -0.4 is 10.9 Å². The van der Waals surface area contributed by atoms with Crippen LogP contribution in [0, 0.1) is 5.92 Å². The predicted octanol–water partition coefficient (Wildman–Crippen LogP) is 2.14. The zero-order valence-electron chi connectivity index (χ0n) is 17.4. The lowest BCUT2D eigenvalue weighted by molar-refractivity contribution is -0.123. The third-order valence-electron chi connectivity index (χ3n) is 6.14. The first-order valence-electron chi connectivity index (χ1n) is 10.9. The van der Waals surface area contributed by atoms with Crippen LogP contribution in [-0.4, -0.2) is 57.8 Å². The standard InChI is InChI=1S/C23H27N5O2S/c29-20(25-22(18-6-7-18)17-4-2-1-3-5-17)16-27-10-8-26(9-11-27)15-19-14-21(30)28-12-13-31-23(28)24-19/h1-5,12-14,18,22H,6-11,15-16H2,(H,25,29). The number of hydrogen-bond donors (Lipinski definition) is 1. The minimum atomic E-state index is -0.0276. The van der Waals surface area contributed by atoms with Crippen molar-refractivity contribution >= 4 is 22.2 Å². The third-order valence-corrected chi connectivity index (χ3v) is 6.90. The van der Waals surface area contributed by atoms with Crippen LogP contribution in [0.3, 0.4) is 0 Å². The fourth-order valence-electron chi connectivity index (χ4n) is 4.29. The van der Waals surface area contributed by atoms with Gasteiger partial charge in [-0.25, -0.2) is 4.98 Å². The fourth-order valence-corrected chi connectivity index (χ4v) is 5.03. The van der Waals surface area contributed by atoms with Gasteiger partial charge in [0, 0.05) is 50.4 Å². The molecule has 1 N–H and O–H groups in total. The molecule has 2 aliphatic rings. The molecule has 2 aromatic heterocycles. The zero-order chi connectivity index (χ0) is 21.2. The van der Waals surface area contributed by atoms with E-state index in [1.165, 1.54) is 29.7 Å². The highest BCUT2D eigenvalue weighted by atomic mass is 32.1. The maximum absolute atomic E-state index is 12.7. The topological polar surface area (TPSA) is 70.0 Å². The Balaban J connectivity index is 1.12. The van der Waals surface area contributed by atoms with E-state index >= 15 is 0 Å². The van der Waals surface area contributed by atoms with E-state index in [4.69, 9.17) is 0 Å². The SMILES string of the molecule is O=C(CN1CCN(Cc2cc(=O)n3ccsc3n2)CC1)NC(c1ccccc1)C1CC1. The summed E-state index contributed by atoms with van der Waals surface area (Å²) in [7, 11) is 0. The van der Waals surface area contributed by atoms with E-state index in [1.54, 1.807) is 16.7 Å². The molecule has 31 heavy (non-hydrogen) atoms. The summed E-state index contributed by atoms with van der Waals surface area (Å²) in [5.74, 6) is 0.674. The number of amides is 1. The van der Waals surface area contributed by atoms with Crippen LogP contribution in [0.5, 0.6) is 0 Å². The van der Waals surface area contributed by atoms with E-state index in [0.29, 0.717) is 19.0 Å². The number of piperazine rings is 1. The number of rotatable bonds is 7. The molecule has 1 saturated heterocycles. The van der Waals surface area contributed by atoms with Gasteiger partial charge >= 0.3 is 0 Å². The molecule has 3 aromatic rings. The summed E-state index contributed by atoms with van der Waals surface area (Å²) in [4.78, 5) is 34.8. The highest BCUT2D eigenvalue weighted by molar-refractivity contribution is 7.15. The summed E-state index contributed by atoms with van der Waals surface area (Å²) >= 11 is 1.47. The Labute approximate surface area is 185 Å². The van der Waals surface area contributed by atoms with E-state index in [1.807, 2.05) is 23.6 Å². The number of nitrogens with one attached hydrogen (secondary N) is 1. The van der Waals surface area contributed by atoms with Crippen molar-refractivity contribution in [1.82, 2.24) is 24.5 Å². The zero-order valence-corrected chi connectivity index (χ0v) is 18.3. The van der Waals surface area contributed by atoms with E-state index in [-0.39, 0.29) is 17.5 Å². The summed E-state index contributed by atoms with van der Waals surface area (Å²) in [5.41, 5.74) is 1.99. The third kappa shape index (κ3) is 4.87. The molecule has 1 amide bonds. The minimum Gasteiger partial charge on any atom is -0.348 e.